The van der Waals surface area contributed by atoms with Gasteiger partial charge in [-0.25, -0.2) is 4.79 Å². The maximum Gasteiger partial charge on any atom is 0.338 e. The minimum absolute atomic E-state index is 0.0198. The van der Waals surface area contributed by atoms with Crippen LogP contribution in [0.15, 0.2) is 30.3 Å². The Hall–Kier alpha value is -2.50. The Morgan fingerprint density at radius 1 is 1.28 bits per heavy atom. The summed E-state index contributed by atoms with van der Waals surface area (Å²) in [6.07, 6.45) is -2.84. The van der Waals surface area contributed by atoms with E-state index in [0.29, 0.717) is 5.75 Å². The van der Waals surface area contributed by atoms with Crippen molar-refractivity contribution in [2.75, 3.05) is 20.8 Å². The van der Waals surface area contributed by atoms with Crippen LogP contribution >= 0.6 is 0 Å². The quantitative estimate of drug-likeness (QED) is 0.308. The van der Waals surface area contributed by atoms with Crippen LogP contribution in [0.1, 0.15) is 25.3 Å². The van der Waals surface area contributed by atoms with Crippen LogP contribution in [0, 0.1) is 0 Å². The van der Waals surface area contributed by atoms with E-state index in [2.05, 4.69) is 5.32 Å². The number of methoxy groups -OCH3 is 2. The molecule has 32 heavy (non-hydrogen) atoms. The highest BCUT2D eigenvalue weighted by Crippen LogP contribution is 2.36. The number of carbonyl (C=O) groups is 2. The van der Waals surface area contributed by atoms with Gasteiger partial charge in [0.1, 0.15) is 24.1 Å². The molecule has 1 aromatic rings. The molecule has 0 saturated carbocycles. The molecule has 1 amide bonds. The molecule has 178 valence electrons. The lowest BCUT2D eigenvalue weighted by atomic mass is 9.81. The fourth-order valence-electron chi connectivity index (χ4n) is 3.72. The summed E-state index contributed by atoms with van der Waals surface area (Å²) in [5.41, 5.74) is -0.863. The second-order valence-electron chi connectivity index (χ2n) is 7.69. The van der Waals surface area contributed by atoms with E-state index in [9.17, 15) is 30.0 Å². The summed E-state index contributed by atoms with van der Waals surface area (Å²) in [7, 11) is 2.73. The predicted octanol–water partition coefficient (Wildman–Crippen LogP) is -0.621. The number of esters is 1. The Morgan fingerprint density at radius 2 is 1.94 bits per heavy atom. The predicted molar refractivity (Wildman–Crippen MR) is 114 cm³/mol. The summed E-state index contributed by atoms with van der Waals surface area (Å²) in [6, 6.07) is 6.06. The van der Waals surface area contributed by atoms with Crippen LogP contribution < -0.4 is 10.1 Å². The number of nitrogens with one attached hydrogen (secondary N) is 1. The maximum atomic E-state index is 12.7. The van der Waals surface area contributed by atoms with Crippen molar-refractivity contribution in [2.24, 2.45) is 0 Å². The van der Waals surface area contributed by atoms with Gasteiger partial charge in [-0.15, -0.1) is 0 Å². The van der Waals surface area contributed by atoms with Gasteiger partial charge >= 0.3 is 5.97 Å². The normalized spacial score (nSPS) is 27.5. The molecule has 0 aliphatic carbocycles. The van der Waals surface area contributed by atoms with Gasteiger partial charge in [-0.2, -0.15) is 0 Å². The van der Waals surface area contributed by atoms with Gasteiger partial charge in [-0.3, -0.25) is 4.79 Å². The molecule has 1 fully saturated rings. The molecular weight excluding hydrogens is 422 g/mol. The van der Waals surface area contributed by atoms with Crippen LogP contribution in [0.2, 0.25) is 0 Å². The lowest BCUT2D eigenvalue weighted by Gasteiger charge is -2.47. The Bertz CT molecular complexity index is 797. The molecule has 10 heteroatoms. The van der Waals surface area contributed by atoms with Gasteiger partial charge in [0.05, 0.1) is 33.0 Å². The fraction of sp³-hybridized carbons (Fsp3) is 0.545. The van der Waals surface area contributed by atoms with Crippen LogP contribution in [0.5, 0.6) is 5.75 Å². The monoisotopic (exact) mass is 453 g/mol. The molecule has 0 radical (unpaired) electrons. The average Bonchev–Trinajstić information content (AvgIpc) is 2.79. The Kier molecular flexibility index (Phi) is 9.17. The zero-order chi connectivity index (χ0) is 23.9. The Labute approximate surface area is 186 Å². The number of carbonyl (C=O) groups excluding carboxylic acids is 2. The van der Waals surface area contributed by atoms with Crippen molar-refractivity contribution in [3.05, 3.63) is 35.9 Å². The van der Waals surface area contributed by atoms with E-state index in [1.54, 1.807) is 31.4 Å². The molecule has 0 unspecified atom stereocenters. The van der Waals surface area contributed by atoms with E-state index in [4.69, 9.17) is 14.2 Å². The first-order valence-electron chi connectivity index (χ1n) is 10.2. The van der Waals surface area contributed by atoms with Crippen LogP contribution in [0.25, 0.3) is 6.08 Å². The van der Waals surface area contributed by atoms with Crippen LogP contribution in [-0.2, 0) is 19.1 Å². The van der Waals surface area contributed by atoms with Gasteiger partial charge in [0.15, 0.2) is 5.60 Å². The van der Waals surface area contributed by atoms with Crippen molar-refractivity contribution in [3.8, 4) is 5.75 Å². The lowest BCUT2D eigenvalue weighted by Crippen LogP contribution is -2.67. The molecule has 1 aliphatic rings. The van der Waals surface area contributed by atoms with Crippen LogP contribution in [0.4, 0.5) is 0 Å². The fourth-order valence-corrected chi connectivity index (χ4v) is 3.72. The molecular formula is C22H31NO9. The number of amides is 1. The molecule has 1 saturated heterocycles. The van der Waals surface area contributed by atoms with Crippen molar-refractivity contribution in [1.82, 2.24) is 5.32 Å². The number of hydrogen-bond acceptors (Lipinski definition) is 9. The molecule has 1 aliphatic heterocycles. The maximum absolute atomic E-state index is 12.7. The summed E-state index contributed by atoms with van der Waals surface area (Å²) < 4.78 is 15.9. The number of ether oxygens (including phenoxy) is 3. The van der Waals surface area contributed by atoms with E-state index in [-0.39, 0.29) is 12.8 Å². The van der Waals surface area contributed by atoms with Gasteiger partial charge in [-0.05, 0) is 17.7 Å². The molecule has 2 rings (SSSR count). The molecule has 1 heterocycles. The van der Waals surface area contributed by atoms with Crippen LogP contribution in [-0.4, -0.2) is 89.2 Å². The van der Waals surface area contributed by atoms with Gasteiger partial charge < -0.3 is 40.0 Å². The van der Waals surface area contributed by atoms with Gasteiger partial charge in [-0.1, -0.05) is 24.3 Å². The van der Waals surface area contributed by atoms with Crippen molar-refractivity contribution in [1.29, 1.82) is 0 Å². The van der Waals surface area contributed by atoms with Gasteiger partial charge in [0.25, 0.3) is 0 Å². The third-order valence-electron chi connectivity index (χ3n) is 5.39. The number of benzene rings is 1. The van der Waals surface area contributed by atoms with E-state index >= 15 is 0 Å². The summed E-state index contributed by atoms with van der Waals surface area (Å²) in [4.78, 5) is 24.3. The molecule has 0 spiro atoms. The first-order chi connectivity index (χ1) is 15.2. The highest BCUT2D eigenvalue weighted by Gasteiger charge is 2.54. The minimum atomic E-state index is -1.69. The molecule has 1 aromatic carbocycles. The number of aliphatic hydroxyl groups excluding tert-OH is 4. The summed E-state index contributed by atoms with van der Waals surface area (Å²) in [5, 5.41) is 42.9. The zero-order valence-electron chi connectivity index (χ0n) is 18.3. The van der Waals surface area contributed by atoms with Gasteiger partial charge in [0, 0.05) is 19.8 Å². The highest BCUT2D eigenvalue weighted by atomic mass is 16.6. The van der Waals surface area contributed by atoms with E-state index < -0.39 is 54.5 Å². The van der Waals surface area contributed by atoms with Crippen molar-refractivity contribution >= 4 is 18.0 Å². The SMILES string of the molecule is COC(=O)[C@@]1(C/C=C/c2ccc(OC)cc2)C[C@H](O)[C@@H](NC(C)=O)[C@H]([C@H](O)[C@H](O)CO)O1. The third-order valence-corrected chi connectivity index (χ3v) is 5.39. The van der Waals surface area contributed by atoms with E-state index in [1.165, 1.54) is 14.0 Å². The minimum Gasteiger partial charge on any atom is -0.497 e. The highest BCUT2D eigenvalue weighted by molar-refractivity contribution is 5.80. The standard InChI is InChI=1S/C22H31NO9/c1-13(25)23-18-16(26)11-22(21(29)31-3,32-20(18)19(28)17(27)12-24)10-4-5-14-6-8-15(30-2)9-7-14/h4-9,16-20,24,26-28H,10-12H2,1-3H3,(H,23,25)/b5-4+/t16-,17+,18+,19+,20+,22+/m0/s1. The second-order valence-corrected chi connectivity index (χ2v) is 7.69. The first-order valence-corrected chi connectivity index (χ1v) is 10.2. The van der Waals surface area contributed by atoms with Crippen molar-refractivity contribution in [3.63, 3.8) is 0 Å². The molecule has 5 N–H and O–H groups in total. The first kappa shape index (κ1) is 25.8. The number of aliphatic hydroxyl groups is 4. The van der Waals surface area contributed by atoms with Crippen LogP contribution in [0.3, 0.4) is 0 Å². The average molecular weight is 453 g/mol. The Balaban J connectivity index is 2.33. The van der Waals surface area contributed by atoms with E-state index in [0.717, 1.165) is 5.56 Å². The molecule has 0 aromatic heterocycles. The molecule has 10 nitrogen and oxygen atoms in total. The molecule has 0 bridgehead atoms. The van der Waals surface area contributed by atoms with Crippen molar-refractivity contribution < 1.29 is 44.2 Å². The lowest BCUT2D eigenvalue weighted by molar-refractivity contribution is -0.230. The summed E-state index contributed by atoms with van der Waals surface area (Å²) >= 11 is 0. The summed E-state index contributed by atoms with van der Waals surface area (Å²) in [6.45, 7) is 0.435. The Morgan fingerprint density at radius 3 is 2.47 bits per heavy atom. The zero-order valence-corrected chi connectivity index (χ0v) is 18.3. The summed E-state index contributed by atoms with van der Waals surface area (Å²) in [5.74, 6) is -0.596. The van der Waals surface area contributed by atoms with E-state index in [1.807, 2.05) is 12.1 Å². The largest absolute Gasteiger partial charge is 0.497 e. The smallest absolute Gasteiger partial charge is 0.338 e. The number of rotatable bonds is 9. The topological polar surface area (TPSA) is 155 Å². The van der Waals surface area contributed by atoms with Gasteiger partial charge in [0.2, 0.25) is 5.91 Å². The third kappa shape index (κ3) is 6.05. The number of hydrogen-bond donors (Lipinski definition) is 5. The van der Waals surface area contributed by atoms with Crippen molar-refractivity contribution in [2.45, 2.75) is 55.8 Å². The second kappa shape index (κ2) is 11.4. The molecule has 6 atom stereocenters.